The van der Waals surface area contributed by atoms with Crippen molar-refractivity contribution in [2.24, 2.45) is 5.92 Å². The van der Waals surface area contributed by atoms with Crippen molar-refractivity contribution in [3.8, 4) is 11.3 Å². The molecule has 1 aromatic carbocycles. The van der Waals surface area contributed by atoms with Gasteiger partial charge in [-0.05, 0) is 42.3 Å². The second-order valence-corrected chi connectivity index (χ2v) is 6.72. The molecule has 5 heteroatoms. The van der Waals surface area contributed by atoms with Crippen molar-refractivity contribution < 1.29 is 14.1 Å². The van der Waals surface area contributed by atoms with Crippen molar-refractivity contribution >= 4 is 17.5 Å². The summed E-state index contributed by atoms with van der Waals surface area (Å²) in [5.41, 5.74) is 0.993. The predicted molar refractivity (Wildman–Crippen MR) is 92.5 cm³/mol. The molecule has 0 spiro atoms. The number of halogens is 1. The lowest BCUT2D eigenvalue weighted by atomic mass is 10.2. The lowest BCUT2D eigenvalue weighted by Crippen LogP contribution is -3.08. The van der Waals surface area contributed by atoms with E-state index in [1.54, 1.807) is 0 Å². The van der Waals surface area contributed by atoms with Gasteiger partial charge < -0.3 is 14.6 Å². The van der Waals surface area contributed by atoms with Crippen LogP contribution in [0.1, 0.15) is 19.6 Å². The first-order valence-electron chi connectivity index (χ1n) is 7.86. The number of hydrogen-bond donors (Lipinski definition) is 2. The molecule has 1 atom stereocenters. The maximum absolute atomic E-state index is 11.8. The van der Waals surface area contributed by atoms with Gasteiger partial charge in [0.05, 0.1) is 7.05 Å². The zero-order chi connectivity index (χ0) is 16.8. The molecule has 2 rings (SSSR count). The van der Waals surface area contributed by atoms with Crippen molar-refractivity contribution in [1.29, 1.82) is 0 Å². The van der Waals surface area contributed by atoms with Gasteiger partial charge in [-0.25, -0.2) is 0 Å². The Labute approximate surface area is 142 Å². The molecule has 124 valence electrons. The molecule has 0 aliphatic heterocycles. The number of furan rings is 1. The molecule has 1 unspecified atom stereocenters. The second kappa shape index (κ2) is 8.18. The van der Waals surface area contributed by atoms with Gasteiger partial charge in [-0.15, -0.1) is 0 Å². The van der Waals surface area contributed by atoms with Crippen LogP contribution in [-0.2, 0) is 11.3 Å². The molecule has 23 heavy (non-hydrogen) atoms. The molecule has 0 fully saturated rings. The Morgan fingerprint density at radius 1 is 1.22 bits per heavy atom. The zero-order valence-corrected chi connectivity index (χ0v) is 14.6. The summed E-state index contributed by atoms with van der Waals surface area (Å²) in [6.07, 6.45) is 0. The maximum Gasteiger partial charge on any atom is 0.275 e. The third kappa shape index (κ3) is 5.73. The summed E-state index contributed by atoms with van der Waals surface area (Å²) in [6, 6.07) is 11.5. The van der Waals surface area contributed by atoms with Crippen LogP contribution in [0.4, 0.5) is 0 Å². The largest absolute Gasteiger partial charge is 0.455 e. The number of nitrogens with one attached hydrogen (secondary N) is 2. The number of benzene rings is 1. The van der Waals surface area contributed by atoms with Gasteiger partial charge in [0.15, 0.2) is 12.3 Å². The van der Waals surface area contributed by atoms with E-state index in [0.717, 1.165) is 22.0 Å². The standard InChI is InChI=1S/C18H23ClN2O2/c1-13(2)10-20-18(22)12-21(3)11-16-8-9-17(23-16)14-4-6-15(19)7-5-14/h4-9,13H,10-12H2,1-3H3,(H,20,22)/p+1. The van der Waals surface area contributed by atoms with Crippen molar-refractivity contribution in [2.45, 2.75) is 20.4 Å². The number of likely N-dealkylation sites (N-methyl/N-ethyl adjacent to an activating group) is 1. The first kappa shape index (κ1) is 17.6. The fourth-order valence-electron chi connectivity index (χ4n) is 2.26. The molecule has 1 heterocycles. The smallest absolute Gasteiger partial charge is 0.275 e. The summed E-state index contributed by atoms with van der Waals surface area (Å²) in [4.78, 5) is 12.9. The van der Waals surface area contributed by atoms with E-state index in [1.165, 1.54) is 0 Å². The average Bonchev–Trinajstić information content (AvgIpc) is 2.94. The van der Waals surface area contributed by atoms with Crippen molar-refractivity contribution in [3.05, 3.63) is 47.2 Å². The molecular formula is C18H24ClN2O2+. The van der Waals surface area contributed by atoms with E-state index in [4.69, 9.17) is 16.0 Å². The van der Waals surface area contributed by atoms with Gasteiger partial charge >= 0.3 is 0 Å². The highest BCUT2D eigenvalue weighted by atomic mass is 35.5. The number of carbonyl (C=O) groups excluding carboxylic acids is 1. The Kier molecular flexibility index (Phi) is 6.25. The number of quaternary nitrogens is 1. The molecule has 0 aliphatic carbocycles. The fraction of sp³-hybridized carbons (Fsp3) is 0.389. The van der Waals surface area contributed by atoms with E-state index in [1.807, 2.05) is 43.4 Å². The highest BCUT2D eigenvalue weighted by Crippen LogP contribution is 2.23. The molecule has 1 aromatic heterocycles. The number of rotatable bonds is 7. The second-order valence-electron chi connectivity index (χ2n) is 6.28. The summed E-state index contributed by atoms with van der Waals surface area (Å²) in [7, 11) is 1.99. The summed E-state index contributed by atoms with van der Waals surface area (Å²) < 4.78 is 5.86. The molecule has 0 radical (unpaired) electrons. The van der Waals surface area contributed by atoms with Crippen LogP contribution in [0.5, 0.6) is 0 Å². The summed E-state index contributed by atoms with van der Waals surface area (Å²) in [6.45, 7) is 5.98. The Morgan fingerprint density at radius 2 is 1.91 bits per heavy atom. The quantitative estimate of drug-likeness (QED) is 0.816. The van der Waals surface area contributed by atoms with Gasteiger partial charge in [-0.2, -0.15) is 0 Å². The molecule has 2 N–H and O–H groups in total. The van der Waals surface area contributed by atoms with Crippen LogP contribution in [0.2, 0.25) is 5.02 Å². The highest BCUT2D eigenvalue weighted by Gasteiger charge is 2.13. The molecule has 1 amide bonds. The maximum atomic E-state index is 11.8. The third-order valence-corrected chi connectivity index (χ3v) is 3.69. The Bertz CT molecular complexity index is 635. The van der Waals surface area contributed by atoms with Crippen LogP contribution in [-0.4, -0.2) is 26.0 Å². The SMILES string of the molecule is CC(C)CNC(=O)C[NH+](C)Cc1ccc(-c2ccc(Cl)cc2)o1. The fourth-order valence-corrected chi connectivity index (χ4v) is 2.38. The van der Waals surface area contributed by atoms with Crippen molar-refractivity contribution in [3.63, 3.8) is 0 Å². The normalized spacial score (nSPS) is 12.4. The van der Waals surface area contributed by atoms with Gasteiger partial charge in [0, 0.05) is 17.1 Å². The van der Waals surface area contributed by atoms with E-state index in [0.29, 0.717) is 30.6 Å². The number of amides is 1. The first-order valence-corrected chi connectivity index (χ1v) is 8.24. The minimum atomic E-state index is 0.0701. The third-order valence-electron chi connectivity index (χ3n) is 3.44. The van der Waals surface area contributed by atoms with Gasteiger partial charge in [-0.3, -0.25) is 4.79 Å². The minimum absolute atomic E-state index is 0.0701. The molecule has 0 saturated carbocycles. The van der Waals surface area contributed by atoms with E-state index in [2.05, 4.69) is 19.2 Å². The van der Waals surface area contributed by atoms with Crippen LogP contribution in [0, 0.1) is 5.92 Å². The Morgan fingerprint density at radius 3 is 2.57 bits per heavy atom. The van der Waals surface area contributed by atoms with Crippen LogP contribution >= 0.6 is 11.6 Å². The van der Waals surface area contributed by atoms with Gasteiger partial charge in [0.25, 0.3) is 5.91 Å². The monoisotopic (exact) mass is 335 g/mol. The van der Waals surface area contributed by atoms with E-state index in [9.17, 15) is 4.79 Å². The topological polar surface area (TPSA) is 46.7 Å². The van der Waals surface area contributed by atoms with Crippen LogP contribution in [0.15, 0.2) is 40.8 Å². The molecule has 4 nitrogen and oxygen atoms in total. The number of carbonyl (C=O) groups is 1. The number of hydrogen-bond acceptors (Lipinski definition) is 2. The Hall–Kier alpha value is -1.78. The summed E-state index contributed by atoms with van der Waals surface area (Å²) in [5, 5.41) is 3.64. The van der Waals surface area contributed by atoms with Crippen LogP contribution < -0.4 is 10.2 Å². The lowest BCUT2D eigenvalue weighted by Gasteiger charge is -2.13. The Balaban J connectivity index is 1.88. The first-order chi connectivity index (χ1) is 10.9. The predicted octanol–water partition coefficient (Wildman–Crippen LogP) is 2.39. The summed E-state index contributed by atoms with van der Waals surface area (Å²) >= 11 is 5.89. The average molecular weight is 336 g/mol. The van der Waals surface area contributed by atoms with Crippen LogP contribution in [0.25, 0.3) is 11.3 Å². The van der Waals surface area contributed by atoms with Crippen molar-refractivity contribution in [1.82, 2.24) is 5.32 Å². The minimum Gasteiger partial charge on any atom is -0.455 e. The van der Waals surface area contributed by atoms with Gasteiger partial charge in [-0.1, -0.05) is 25.4 Å². The van der Waals surface area contributed by atoms with E-state index >= 15 is 0 Å². The van der Waals surface area contributed by atoms with E-state index in [-0.39, 0.29) is 5.91 Å². The van der Waals surface area contributed by atoms with Crippen LogP contribution in [0.3, 0.4) is 0 Å². The lowest BCUT2D eigenvalue weighted by molar-refractivity contribution is -0.886. The van der Waals surface area contributed by atoms with E-state index < -0.39 is 0 Å². The van der Waals surface area contributed by atoms with Gasteiger partial charge in [0.2, 0.25) is 0 Å². The summed E-state index contributed by atoms with van der Waals surface area (Å²) in [5.74, 6) is 2.21. The van der Waals surface area contributed by atoms with Gasteiger partial charge in [0.1, 0.15) is 12.3 Å². The molecule has 0 saturated heterocycles. The molecule has 2 aromatic rings. The molecule has 0 aliphatic rings. The molecular weight excluding hydrogens is 312 g/mol. The van der Waals surface area contributed by atoms with Crippen molar-refractivity contribution in [2.75, 3.05) is 20.1 Å². The zero-order valence-electron chi connectivity index (χ0n) is 13.9. The highest BCUT2D eigenvalue weighted by molar-refractivity contribution is 6.30. The molecule has 0 bridgehead atoms.